The van der Waals surface area contributed by atoms with Crippen LogP contribution in [0.25, 0.3) is 10.2 Å². The number of benzene rings is 1. The van der Waals surface area contributed by atoms with Crippen molar-refractivity contribution in [1.82, 2.24) is 4.98 Å². The summed E-state index contributed by atoms with van der Waals surface area (Å²) in [6.45, 7) is 2.12. The minimum atomic E-state index is 0.774. The molecule has 0 spiro atoms. The standard InChI is InChI=1S/C15H12ClNS/c1-10-8-14-15(18-10)7-6-13(17-14)9-11-2-4-12(16)5-3-11/h2-8H,9H2,1H3. The molecule has 3 heteroatoms. The molecule has 2 aromatic heterocycles. The fourth-order valence-corrected chi connectivity index (χ4v) is 2.99. The summed E-state index contributed by atoms with van der Waals surface area (Å²) in [5.41, 5.74) is 3.43. The summed E-state index contributed by atoms with van der Waals surface area (Å²) in [5, 5.41) is 0.774. The van der Waals surface area contributed by atoms with Gasteiger partial charge in [0.25, 0.3) is 0 Å². The van der Waals surface area contributed by atoms with Crippen LogP contribution in [0.2, 0.25) is 5.02 Å². The van der Waals surface area contributed by atoms with Crippen molar-refractivity contribution >= 4 is 33.2 Å². The maximum absolute atomic E-state index is 5.88. The molecule has 0 saturated heterocycles. The SMILES string of the molecule is Cc1cc2nc(Cc3ccc(Cl)cc3)ccc2s1. The molecule has 18 heavy (non-hydrogen) atoms. The molecule has 0 aliphatic rings. The van der Waals surface area contributed by atoms with Gasteiger partial charge < -0.3 is 0 Å². The van der Waals surface area contributed by atoms with Gasteiger partial charge in [-0.1, -0.05) is 23.7 Å². The number of thiophene rings is 1. The van der Waals surface area contributed by atoms with Crippen LogP contribution in [-0.2, 0) is 6.42 Å². The van der Waals surface area contributed by atoms with Gasteiger partial charge in [-0.05, 0) is 42.8 Å². The van der Waals surface area contributed by atoms with Gasteiger partial charge in [0.05, 0.1) is 10.2 Å². The molecule has 0 unspecified atom stereocenters. The van der Waals surface area contributed by atoms with E-state index in [1.54, 1.807) is 11.3 Å². The second-order valence-electron chi connectivity index (χ2n) is 4.35. The van der Waals surface area contributed by atoms with Gasteiger partial charge in [-0.2, -0.15) is 0 Å². The highest BCUT2D eigenvalue weighted by atomic mass is 35.5. The summed E-state index contributed by atoms with van der Waals surface area (Å²) in [5.74, 6) is 0. The minimum absolute atomic E-state index is 0.774. The average molecular weight is 274 g/mol. The highest BCUT2D eigenvalue weighted by Crippen LogP contribution is 2.24. The second kappa shape index (κ2) is 4.71. The number of fused-ring (bicyclic) bond motifs is 1. The molecule has 0 radical (unpaired) electrons. The molecule has 0 atom stereocenters. The molecule has 90 valence electrons. The van der Waals surface area contributed by atoms with Crippen LogP contribution < -0.4 is 0 Å². The number of aromatic nitrogens is 1. The van der Waals surface area contributed by atoms with E-state index < -0.39 is 0 Å². The predicted molar refractivity (Wildman–Crippen MR) is 78.6 cm³/mol. The molecule has 0 bridgehead atoms. The summed E-state index contributed by atoms with van der Waals surface area (Å²) in [6, 6.07) is 14.3. The molecule has 0 aliphatic carbocycles. The van der Waals surface area contributed by atoms with Crippen molar-refractivity contribution in [2.24, 2.45) is 0 Å². The van der Waals surface area contributed by atoms with Crippen LogP contribution in [0, 0.1) is 6.92 Å². The first-order valence-corrected chi connectivity index (χ1v) is 7.01. The molecule has 0 saturated carbocycles. The van der Waals surface area contributed by atoms with Crippen LogP contribution in [0.5, 0.6) is 0 Å². The van der Waals surface area contributed by atoms with Crippen molar-refractivity contribution in [3.8, 4) is 0 Å². The molecule has 1 aromatic carbocycles. The Bertz CT molecular complexity index is 685. The minimum Gasteiger partial charge on any atom is -0.252 e. The van der Waals surface area contributed by atoms with Crippen molar-refractivity contribution in [3.05, 3.63) is 63.6 Å². The molecule has 3 rings (SSSR count). The number of pyridine rings is 1. The Hall–Kier alpha value is -1.38. The molecule has 0 fully saturated rings. The van der Waals surface area contributed by atoms with Gasteiger partial charge in [-0.25, -0.2) is 0 Å². The Morgan fingerprint density at radius 2 is 1.89 bits per heavy atom. The Morgan fingerprint density at radius 3 is 2.67 bits per heavy atom. The van der Waals surface area contributed by atoms with Crippen molar-refractivity contribution in [2.45, 2.75) is 13.3 Å². The number of hydrogen-bond acceptors (Lipinski definition) is 2. The maximum atomic E-state index is 5.88. The van der Waals surface area contributed by atoms with Crippen molar-refractivity contribution in [3.63, 3.8) is 0 Å². The Morgan fingerprint density at radius 1 is 1.11 bits per heavy atom. The van der Waals surface area contributed by atoms with Crippen LogP contribution >= 0.6 is 22.9 Å². The zero-order valence-electron chi connectivity index (χ0n) is 9.98. The number of rotatable bonds is 2. The van der Waals surface area contributed by atoms with E-state index in [0.717, 1.165) is 22.7 Å². The summed E-state index contributed by atoms with van der Waals surface area (Å²) in [4.78, 5) is 6.00. The van der Waals surface area contributed by atoms with Gasteiger partial charge in [0.2, 0.25) is 0 Å². The zero-order chi connectivity index (χ0) is 12.5. The summed E-state index contributed by atoms with van der Waals surface area (Å²) in [7, 11) is 0. The van der Waals surface area contributed by atoms with Gasteiger partial charge >= 0.3 is 0 Å². The first-order chi connectivity index (χ1) is 8.70. The van der Waals surface area contributed by atoms with E-state index in [1.807, 2.05) is 24.3 Å². The van der Waals surface area contributed by atoms with Gasteiger partial charge in [0.1, 0.15) is 0 Å². The topological polar surface area (TPSA) is 12.9 Å². The predicted octanol–water partition coefficient (Wildman–Crippen LogP) is 4.85. The first-order valence-electron chi connectivity index (χ1n) is 5.81. The van der Waals surface area contributed by atoms with E-state index in [2.05, 4.69) is 25.1 Å². The van der Waals surface area contributed by atoms with Gasteiger partial charge in [-0.3, -0.25) is 4.98 Å². The van der Waals surface area contributed by atoms with E-state index >= 15 is 0 Å². The second-order valence-corrected chi connectivity index (χ2v) is 6.07. The van der Waals surface area contributed by atoms with Crippen LogP contribution in [-0.4, -0.2) is 4.98 Å². The molecule has 2 heterocycles. The smallest absolute Gasteiger partial charge is 0.0815 e. The summed E-state index contributed by atoms with van der Waals surface area (Å²) < 4.78 is 1.26. The van der Waals surface area contributed by atoms with E-state index in [1.165, 1.54) is 15.1 Å². The largest absolute Gasteiger partial charge is 0.252 e. The van der Waals surface area contributed by atoms with Crippen LogP contribution in [0.15, 0.2) is 42.5 Å². The Balaban J connectivity index is 1.92. The fourth-order valence-electron chi connectivity index (χ4n) is 2.00. The van der Waals surface area contributed by atoms with Crippen molar-refractivity contribution < 1.29 is 0 Å². The number of aryl methyl sites for hydroxylation is 1. The first kappa shape index (κ1) is 11.7. The van der Waals surface area contributed by atoms with Crippen LogP contribution in [0.4, 0.5) is 0 Å². The lowest BCUT2D eigenvalue weighted by Gasteiger charge is -2.01. The summed E-state index contributed by atoms with van der Waals surface area (Å²) >= 11 is 7.67. The van der Waals surface area contributed by atoms with Crippen LogP contribution in [0.1, 0.15) is 16.1 Å². The lowest BCUT2D eigenvalue weighted by molar-refractivity contribution is 1.10. The van der Waals surface area contributed by atoms with E-state index in [-0.39, 0.29) is 0 Å². The number of hydrogen-bond donors (Lipinski definition) is 0. The lowest BCUT2D eigenvalue weighted by atomic mass is 10.1. The third-order valence-electron chi connectivity index (χ3n) is 2.85. The van der Waals surface area contributed by atoms with Crippen molar-refractivity contribution in [1.29, 1.82) is 0 Å². The molecular formula is C15H12ClNS. The third-order valence-corrected chi connectivity index (χ3v) is 4.11. The third kappa shape index (κ3) is 2.40. The zero-order valence-corrected chi connectivity index (χ0v) is 11.6. The molecule has 3 aromatic rings. The fraction of sp³-hybridized carbons (Fsp3) is 0.133. The normalized spacial score (nSPS) is 11.0. The highest BCUT2D eigenvalue weighted by Gasteiger charge is 2.03. The molecule has 0 N–H and O–H groups in total. The molecule has 0 aliphatic heterocycles. The monoisotopic (exact) mass is 273 g/mol. The van der Waals surface area contributed by atoms with Gasteiger partial charge in [0, 0.05) is 22.0 Å². The Kier molecular flexibility index (Phi) is 3.06. The number of nitrogens with zero attached hydrogens (tertiary/aromatic N) is 1. The lowest BCUT2D eigenvalue weighted by Crippen LogP contribution is -1.91. The average Bonchev–Trinajstić information content (AvgIpc) is 2.71. The van der Waals surface area contributed by atoms with Gasteiger partial charge in [-0.15, -0.1) is 11.3 Å². The van der Waals surface area contributed by atoms with E-state index in [4.69, 9.17) is 16.6 Å². The maximum Gasteiger partial charge on any atom is 0.0815 e. The molecule has 1 nitrogen and oxygen atoms in total. The summed E-state index contributed by atoms with van der Waals surface area (Å²) in [6.07, 6.45) is 0.849. The Labute approximate surface area is 115 Å². The van der Waals surface area contributed by atoms with Gasteiger partial charge in [0.15, 0.2) is 0 Å². The molecular weight excluding hydrogens is 262 g/mol. The van der Waals surface area contributed by atoms with E-state index in [0.29, 0.717) is 0 Å². The van der Waals surface area contributed by atoms with Crippen LogP contribution in [0.3, 0.4) is 0 Å². The van der Waals surface area contributed by atoms with E-state index in [9.17, 15) is 0 Å². The molecule has 0 amide bonds. The van der Waals surface area contributed by atoms with Crippen molar-refractivity contribution in [2.75, 3.05) is 0 Å². The number of halogens is 1. The highest BCUT2D eigenvalue weighted by molar-refractivity contribution is 7.18. The quantitative estimate of drug-likeness (QED) is 0.650.